The second-order valence-corrected chi connectivity index (χ2v) is 7.09. The van der Waals surface area contributed by atoms with Gasteiger partial charge in [0.25, 0.3) is 0 Å². The molecule has 0 atom stereocenters. The Labute approximate surface area is 137 Å². The lowest BCUT2D eigenvalue weighted by Gasteiger charge is -2.29. The maximum Gasteiger partial charge on any atom is 0.228 e. The predicted octanol–water partition coefficient (Wildman–Crippen LogP) is 3.30. The van der Waals surface area contributed by atoms with Crippen LogP contribution in [0.3, 0.4) is 0 Å². The Morgan fingerprint density at radius 2 is 1.95 bits per heavy atom. The number of anilines is 1. The Balaban J connectivity index is 2.15. The highest BCUT2D eigenvalue weighted by atomic mass is 35.5. The lowest BCUT2D eigenvalue weighted by Crippen LogP contribution is -2.41. The fourth-order valence-corrected chi connectivity index (χ4v) is 2.88. The molecule has 1 amide bonds. The van der Waals surface area contributed by atoms with Crippen molar-refractivity contribution < 1.29 is 4.79 Å². The van der Waals surface area contributed by atoms with Crippen LogP contribution < -0.4 is 4.90 Å². The molecule has 0 unspecified atom stereocenters. The molecule has 0 radical (unpaired) electrons. The minimum atomic E-state index is -0.354. The summed E-state index contributed by atoms with van der Waals surface area (Å²) in [6.07, 6.45) is 0.898. The minimum absolute atomic E-state index is 0.186. The van der Waals surface area contributed by atoms with Crippen LogP contribution in [0.5, 0.6) is 0 Å². The fraction of sp³-hybridized carbons (Fsp3) is 0.529. The maximum absolute atomic E-state index is 12.4. The molecule has 22 heavy (non-hydrogen) atoms. The smallest absolute Gasteiger partial charge is 0.228 e. The SMILES string of the molecule is CC(C)(C)C(=O)N1CCCN(c2ccc(Cl)cc2C#N)CC1. The van der Waals surface area contributed by atoms with Gasteiger partial charge in [-0.1, -0.05) is 32.4 Å². The lowest BCUT2D eigenvalue weighted by atomic mass is 9.94. The molecule has 118 valence electrons. The number of benzene rings is 1. The van der Waals surface area contributed by atoms with E-state index in [1.807, 2.05) is 31.7 Å². The number of nitrogens with zero attached hydrogens (tertiary/aromatic N) is 3. The van der Waals surface area contributed by atoms with Gasteiger partial charge in [-0.15, -0.1) is 0 Å². The number of hydrogen-bond acceptors (Lipinski definition) is 3. The molecule has 0 aromatic heterocycles. The molecular formula is C17H22ClN3O. The quantitative estimate of drug-likeness (QED) is 0.798. The number of amides is 1. The molecule has 2 rings (SSSR count). The van der Waals surface area contributed by atoms with E-state index < -0.39 is 0 Å². The molecule has 4 nitrogen and oxygen atoms in total. The van der Waals surface area contributed by atoms with E-state index in [0.29, 0.717) is 17.1 Å². The second kappa shape index (κ2) is 6.58. The van der Waals surface area contributed by atoms with Crippen molar-refractivity contribution >= 4 is 23.2 Å². The Hall–Kier alpha value is -1.73. The molecule has 0 N–H and O–H groups in total. The summed E-state index contributed by atoms with van der Waals surface area (Å²) in [7, 11) is 0. The first-order valence-electron chi connectivity index (χ1n) is 7.57. The van der Waals surface area contributed by atoms with Crippen molar-refractivity contribution in [2.24, 2.45) is 5.41 Å². The molecule has 0 spiro atoms. The summed E-state index contributed by atoms with van der Waals surface area (Å²) in [6.45, 7) is 8.87. The normalized spacial score (nSPS) is 16.1. The Bertz CT molecular complexity index is 601. The average molecular weight is 320 g/mol. The second-order valence-electron chi connectivity index (χ2n) is 6.66. The van der Waals surface area contributed by atoms with Gasteiger partial charge in [-0.25, -0.2) is 0 Å². The largest absolute Gasteiger partial charge is 0.369 e. The predicted molar refractivity (Wildman–Crippen MR) is 89.0 cm³/mol. The van der Waals surface area contributed by atoms with Crippen LogP contribution in [0.2, 0.25) is 5.02 Å². The molecule has 1 aliphatic heterocycles. The topological polar surface area (TPSA) is 47.3 Å². The summed E-state index contributed by atoms with van der Waals surface area (Å²) >= 11 is 5.96. The molecule has 1 aromatic rings. The third kappa shape index (κ3) is 3.72. The van der Waals surface area contributed by atoms with Gasteiger partial charge >= 0.3 is 0 Å². The van der Waals surface area contributed by atoms with Gasteiger partial charge in [0.2, 0.25) is 5.91 Å². The minimum Gasteiger partial charge on any atom is -0.369 e. The van der Waals surface area contributed by atoms with E-state index in [1.165, 1.54) is 0 Å². The Morgan fingerprint density at radius 1 is 1.23 bits per heavy atom. The summed E-state index contributed by atoms with van der Waals surface area (Å²) in [4.78, 5) is 16.5. The van der Waals surface area contributed by atoms with Gasteiger partial charge in [0.15, 0.2) is 0 Å². The van der Waals surface area contributed by atoms with Gasteiger partial charge in [0, 0.05) is 36.6 Å². The number of hydrogen-bond donors (Lipinski definition) is 0. The zero-order valence-electron chi connectivity index (χ0n) is 13.4. The van der Waals surface area contributed by atoms with Crippen LogP contribution in [0.1, 0.15) is 32.8 Å². The third-order valence-corrected chi connectivity index (χ3v) is 4.08. The highest BCUT2D eigenvalue weighted by molar-refractivity contribution is 6.30. The molecule has 0 aliphatic carbocycles. The van der Waals surface area contributed by atoms with Crippen molar-refractivity contribution in [3.63, 3.8) is 0 Å². The number of carbonyl (C=O) groups is 1. The lowest BCUT2D eigenvalue weighted by molar-refractivity contribution is -0.139. The van der Waals surface area contributed by atoms with Crippen LogP contribution in [0.25, 0.3) is 0 Å². The maximum atomic E-state index is 12.4. The van der Waals surface area contributed by atoms with E-state index in [9.17, 15) is 10.1 Å². The van der Waals surface area contributed by atoms with Gasteiger partial charge in [-0.2, -0.15) is 5.26 Å². The summed E-state index contributed by atoms with van der Waals surface area (Å²) in [5.41, 5.74) is 1.13. The highest BCUT2D eigenvalue weighted by Gasteiger charge is 2.28. The van der Waals surface area contributed by atoms with E-state index >= 15 is 0 Å². The average Bonchev–Trinajstić information content (AvgIpc) is 2.71. The van der Waals surface area contributed by atoms with Crippen molar-refractivity contribution in [1.29, 1.82) is 5.26 Å². The van der Waals surface area contributed by atoms with Crippen molar-refractivity contribution in [1.82, 2.24) is 4.90 Å². The zero-order valence-corrected chi connectivity index (χ0v) is 14.2. The molecule has 1 fully saturated rings. The summed E-state index contributed by atoms with van der Waals surface area (Å²) in [5.74, 6) is 0.186. The summed E-state index contributed by atoms with van der Waals surface area (Å²) in [6, 6.07) is 7.60. The molecule has 1 saturated heterocycles. The number of rotatable bonds is 1. The van der Waals surface area contributed by atoms with E-state index in [2.05, 4.69) is 11.0 Å². The van der Waals surface area contributed by atoms with Gasteiger partial charge < -0.3 is 9.80 Å². The first kappa shape index (κ1) is 16.6. The van der Waals surface area contributed by atoms with Crippen LogP contribution >= 0.6 is 11.6 Å². The Morgan fingerprint density at radius 3 is 2.59 bits per heavy atom. The van der Waals surface area contributed by atoms with Gasteiger partial charge in [-0.3, -0.25) is 4.79 Å². The van der Waals surface area contributed by atoms with Crippen LogP contribution in [0.15, 0.2) is 18.2 Å². The van der Waals surface area contributed by atoms with E-state index in [-0.39, 0.29) is 11.3 Å². The molecule has 5 heteroatoms. The van der Waals surface area contributed by atoms with Crippen molar-refractivity contribution in [3.05, 3.63) is 28.8 Å². The van der Waals surface area contributed by atoms with Crippen LogP contribution in [-0.2, 0) is 4.79 Å². The van der Waals surface area contributed by atoms with Crippen LogP contribution in [0, 0.1) is 16.7 Å². The van der Waals surface area contributed by atoms with Crippen LogP contribution in [0.4, 0.5) is 5.69 Å². The van der Waals surface area contributed by atoms with Crippen molar-refractivity contribution in [3.8, 4) is 6.07 Å². The highest BCUT2D eigenvalue weighted by Crippen LogP contribution is 2.26. The van der Waals surface area contributed by atoms with Gasteiger partial charge in [0.1, 0.15) is 6.07 Å². The zero-order chi connectivity index (χ0) is 16.3. The van der Waals surface area contributed by atoms with Crippen molar-refractivity contribution in [2.75, 3.05) is 31.1 Å². The number of carbonyl (C=O) groups excluding carboxylic acids is 1. The summed E-state index contributed by atoms with van der Waals surface area (Å²) < 4.78 is 0. The van der Waals surface area contributed by atoms with E-state index in [4.69, 9.17) is 11.6 Å². The number of halogens is 1. The molecule has 1 heterocycles. The third-order valence-electron chi connectivity index (χ3n) is 3.84. The standard InChI is InChI=1S/C17H22ClN3O/c1-17(2,3)16(22)21-8-4-7-20(9-10-21)15-6-5-14(18)11-13(15)12-19/h5-6,11H,4,7-10H2,1-3H3. The van der Waals surface area contributed by atoms with Gasteiger partial charge in [0.05, 0.1) is 11.3 Å². The first-order chi connectivity index (χ1) is 10.3. The molecule has 0 saturated carbocycles. The summed E-state index contributed by atoms with van der Waals surface area (Å²) in [5, 5.41) is 9.86. The fourth-order valence-electron chi connectivity index (χ4n) is 2.71. The molecule has 0 bridgehead atoms. The van der Waals surface area contributed by atoms with Gasteiger partial charge in [-0.05, 0) is 24.6 Å². The monoisotopic (exact) mass is 319 g/mol. The molecule has 1 aromatic carbocycles. The van der Waals surface area contributed by atoms with Crippen LogP contribution in [-0.4, -0.2) is 37.0 Å². The van der Waals surface area contributed by atoms with Crippen molar-refractivity contribution in [2.45, 2.75) is 27.2 Å². The van der Waals surface area contributed by atoms with E-state index in [0.717, 1.165) is 31.7 Å². The van der Waals surface area contributed by atoms with E-state index in [1.54, 1.807) is 12.1 Å². The Kier molecular flexibility index (Phi) is 4.97. The first-order valence-corrected chi connectivity index (χ1v) is 7.94. The molecular weight excluding hydrogens is 298 g/mol. The molecule has 1 aliphatic rings. The number of nitriles is 1.